The van der Waals surface area contributed by atoms with Crippen LogP contribution in [0.25, 0.3) is 0 Å². The van der Waals surface area contributed by atoms with Gasteiger partial charge in [0.25, 0.3) is 0 Å². The van der Waals surface area contributed by atoms with Crippen LogP contribution in [0.5, 0.6) is 0 Å². The number of likely N-dealkylation sites (tertiary alicyclic amines) is 1. The van der Waals surface area contributed by atoms with Gasteiger partial charge in [-0.1, -0.05) is 34.6 Å². The van der Waals surface area contributed by atoms with Crippen LogP contribution < -0.4 is 0 Å². The topological polar surface area (TPSA) is 38.1 Å². The van der Waals surface area contributed by atoms with Crippen LogP contribution in [0.15, 0.2) is 0 Å². The maximum absolute atomic E-state index is 13.2. The normalized spacial score (nSPS) is 38.2. The Bertz CT molecular complexity index is 805. The Morgan fingerprint density at radius 3 is 2.65 bits per heavy atom. The lowest BCUT2D eigenvalue weighted by atomic mass is 9.65. The largest absolute Gasteiger partial charge is 0.338 e. The minimum absolute atomic E-state index is 0.279. The molecule has 142 valence electrons. The number of hydrogen-bond acceptors (Lipinski definition) is 2. The van der Waals surface area contributed by atoms with E-state index in [1.807, 2.05) is 4.68 Å². The Kier molecular flexibility index (Phi) is 3.07. The Hall–Kier alpha value is -1.32. The van der Waals surface area contributed by atoms with Crippen LogP contribution in [-0.2, 0) is 17.8 Å². The molecule has 0 N–H and O–H groups in total. The molecule has 26 heavy (non-hydrogen) atoms. The lowest BCUT2D eigenvalue weighted by Crippen LogP contribution is -2.39. The third kappa shape index (κ3) is 2.20. The van der Waals surface area contributed by atoms with Crippen molar-refractivity contribution in [3.8, 4) is 0 Å². The number of carbonyl (C=O) groups is 1. The molecule has 2 saturated carbocycles. The average molecular weight is 356 g/mol. The molecule has 5 rings (SSSR count). The summed E-state index contributed by atoms with van der Waals surface area (Å²) >= 11 is 0. The first-order valence-corrected chi connectivity index (χ1v) is 10.4. The molecule has 1 aromatic rings. The molecule has 4 heteroatoms. The highest BCUT2D eigenvalue weighted by Crippen LogP contribution is 2.70. The minimum atomic E-state index is 0.279. The van der Waals surface area contributed by atoms with Crippen molar-refractivity contribution in [3.63, 3.8) is 0 Å². The van der Waals surface area contributed by atoms with Gasteiger partial charge < -0.3 is 4.90 Å². The molecule has 0 radical (unpaired) electrons. The lowest BCUT2D eigenvalue weighted by Gasteiger charge is -2.39. The first kappa shape index (κ1) is 16.8. The van der Waals surface area contributed by atoms with Crippen LogP contribution in [0.4, 0.5) is 0 Å². The molecule has 0 aromatic carbocycles. The second kappa shape index (κ2) is 4.74. The van der Waals surface area contributed by atoms with Crippen LogP contribution in [0.1, 0.15) is 76.8 Å². The maximum Gasteiger partial charge on any atom is 0.244 e. The second-order valence-electron chi connectivity index (χ2n) is 11.4. The van der Waals surface area contributed by atoms with Gasteiger partial charge in [-0.3, -0.25) is 9.48 Å². The fourth-order valence-corrected chi connectivity index (χ4v) is 7.27. The summed E-state index contributed by atoms with van der Waals surface area (Å²) in [5, 5.41) is 4.79. The third-order valence-corrected chi connectivity index (χ3v) is 8.08. The molecule has 0 unspecified atom stereocenters. The summed E-state index contributed by atoms with van der Waals surface area (Å²) in [6.45, 7) is 15.3. The predicted octanol–water partition coefficient (Wildman–Crippen LogP) is 3.91. The van der Waals surface area contributed by atoms with Crippen molar-refractivity contribution in [2.45, 2.75) is 85.7 Å². The zero-order chi connectivity index (χ0) is 18.6. The van der Waals surface area contributed by atoms with Crippen LogP contribution in [0.2, 0.25) is 0 Å². The highest BCUT2D eigenvalue weighted by atomic mass is 16.2. The molecule has 3 aliphatic carbocycles. The summed E-state index contributed by atoms with van der Waals surface area (Å²) in [6.07, 6.45) is 4.66. The van der Waals surface area contributed by atoms with Crippen molar-refractivity contribution < 1.29 is 4.79 Å². The van der Waals surface area contributed by atoms with Gasteiger partial charge in [0.05, 0.1) is 5.69 Å². The number of aromatic nitrogens is 2. The van der Waals surface area contributed by atoms with Crippen molar-refractivity contribution in [3.05, 3.63) is 17.0 Å². The van der Waals surface area contributed by atoms with E-state index in [9.17, 15) is 4.79 Å². The molecule has 2 bridgehead atoms. The average Bonchev–Trinajstić information content (AvgIpc) is 2.87. The van der Waals surface area contributed by atoms with E-state index in [0.29, 0.717) is 34.7 Å². The van der Waals surface area contributed by atoms with Gasteiger partial charge in [0.2, 0.25) is 5.91 Å². The highest BCUT2D eigenvalue weighted by molar-refractivity contribution is 5.77. The van der Waals surface area contributed by atoms with E-state index < -0.39 is 0 Å². The summed E-state index contributed by atoms with van der Waals surface area (Å²) < 4.78 is 2.05. The SMILES string of the molecule is Cc1nn(CC(=O)N2C[C@@]3(C)C[C@H]2CC(C)(C)C3)c2c1[C@H]1[C@@H](C2)C1(C)C. The number of rotatable bonds is 2. The number of aryl methyl sites for hydroxylation is 1. The van der Waals surface area contributed by atoms with E-state index in [2.05, 4.69) is 46.4 Å². The molecule has 4 nitrogen and oxygen atoms in total. The van der Waals surface area contributed by atoms with Crippen molar-refractivity contribution in [2.24, 2.45) is 22.2 Å². The highest BCUT2D eigenvalue weighted by Gasteiger charge is 2.63. The summed E-state index contributed by atoms with van der Waals surface area (Å²) in [6, 6.07) is 0.424. The van der Waals surface area contributed by atoms with E-state index in [4.69, 9.17) is 5.10 Å². The minimum Gasteiger partial charge on any atom is -0.338 e. The Morgan fingerprint density at radius 2 is 1.92 bits per heavy atom. The fourth-order valence-electron chi connectivity index (χ4n) is 7.27. The quantitative estimate of drug-likeness (QED) is 0.806. The number of fused-ring (bicyclic) bond motifs is 5. The maximum atomic E-state index is 13.2. The first-order valence-electron chi connectivity index (χ1n) is 10.4. The van der Waals surface area contributed by atoms with E-state index in [1.54, 1.807) is 0 Å². The van der Waals surface area contributed by atoms with Crippen molar-refractivity contribution in [2.75, 3.05) is 6.54 Å². The van der Waals surface area contributed by atoms with Gasteiger partial charge in [0.15, 0.2) is 0 Å². The predicted molar refractivity (Wildman–Crippen MR) is 102 cm³/mol. The number of hydrogen-bond donors (Lipinski definition) is 0. The third-order valence-electron chi connectivity index (χ3n) is 8.08. The monoisotopic (exact) mass is 355 g/mol. The van der Waals surface area contributed by atoms with Gasteiger partial charge in [-0.25, -0.2) is 0 Å². The van der Waals surface area contributed by atoms with Crippen LogP contribution in [0, 0.1) is 29.1 Å². The van der Waals surface area contributed by atoms with Crippen molar-refractivity contribution in [1.29, 1.82) is 0 Å². The van der Waals surface area contributed by atoms with Gasteiger partial charge in [0.1, 0.15) is 6.54 Å². The Balaban J connectivity index is 1.37. The van der Waals surface area contributed by atoms with E-state index >= 15 is 0 Å². The van der Waals surface area contributed by atoms with Gasteiger partial charge in [-0.15, -0.1) is 0 Å². The van der Waals surface area contributed by atoms with Gasteiger partial charge in [-0.2, -0.15) is 5.10 Å². The smallest absolute Gasteiger partial charge is 0.244 e. The molecule has 1 aromatic heterocycles. The molecule has 1 amide bonds. The van der Waals surface area contributed by atoms with Crippen LogP contribution in [0.3, 0.4) is 0 Å². The van der Waals surface area contributed by atoms with Crippen molar-refractivity contribution >= 4 is 5.91 Å². The van der Waals surface area contributed by atoms with Crippen molar-refractivity contribution in [1.82, 2.24) is 14.7 Å². The Labute approximate surface area is 157 Å². The van der Waals surface area contributed by atoms with E-state index in [-0.39, 0.29) is 5.91 Å². The molecular weight excluding hydrogens is 322 g/mol. The lowest BCUT2D eigenvalue weighted by molar-refractivity contribution is -0.133. The number of amides is 1. The summed E-state index contributed by atoms with van der Waals surface area (Å²) in [4.78, 5) is 15.4. The summed E-state index contributed by atoms with van der Waals surface area (Å²) in [5.74, 6) is 1.72. The zero-order valence-corrected chi connectivity index (χ0v) is 17.2. The molecule has 2 heterocycles. The van der Waals surface area contributed by atoms with Gasteiger partial charge in [0, 0.05) is 23.8 Å². The van der Waals surface area contributed by atoms with Crippen LogP contribution >= 0.6 is 0 Å². The first-order chi connectivity index (χ1) is 12.0. The molecule has 4 atom stereocenters. The Morgan fingerprint density at radius 1 is 1.19 bits per heavy atom. The second-order valence-corrected chi connectivity index (χ2v) is 11.4. The van der Waals surface area contributed by atoms with Gasteiger partial charge in [-0.05, 0) is 60.7 Å². The number of nitrogens with zero attached hydrogens (tertiary/aromatic N) is 3. The van der Waals surface area contributed by atoms with Gasteiger partial charge >= 0.3 is 0 Å². The fraction of sp³-hybridized carbons (Fsp3) is 0.818. The standard InChI is InChI=1S/C22H33N3O/c1-13-18-16(7-15-19(18)21(15,4)5)25(23-13)10-17(26)24-12-22(6)9-14(24)8-20(2,3)11-22/h14-15,19H,7-12H2,1-6H3/t14-,15-,19-,22+/m1/s1. The van der Waals surface area contributed by atoms with Crippen LogP contribution in [-0.4, -0.2) is 33.2 Å². The molecular formula is C22H33N3O. The zero-order valence-electron chi connectivity index (χ0n) is 17.2. The summed E-state index contributed by atoms with van der Waals surface area (Å²) in [5.41, 5.74) is 5.04. The molecule has 0 spiro atoms. The molecule has 1 aliphatic heterocycles. The van der Waals surface area contributed by atoms with E-state index in [1.165, 1.54) is 24.1 Å². The summed E-state index contributed by atoms with van der Waals surface area (Å²) in [7, 11) is 0. The molecule has 3 fully saturated rings. The number of carbonyl (C=O) groups excluding carboxylic acids is 1. The molecule has 1 saturated heterocycles. The molecule has 4 aliphatic rings. The van der Waals surface area contributed by atoms with E-state index in [0.717, 1.165) is 31.0 Å².